The molecule has 0 radical (unpaired) electrons. The maximum atomic E-state index is 10.7. The highest BCUT2D eigenvalue weighted by Crippen LogP contribution is 2.39. The van der Waals surface area contributed by atoms with Gasteiger partial charge in [-0.2, -0.15) is 5.10 Å². The lowest BCUT2D eigenvalue weighted by Gasteiger charge is -1.99. The highest BCUT2D eigenvalue weighted by atomic mass is 16.4. The number of nitrogens with zero attached hydrogens (tertiary/aromatic N) is 4. The average Bonchev–Trinajstić information content (AvgIpc) is 3.26. The molecule has 1 N–H and O–H groups in total. The fraction of sp³-hybridized carbons (Fsp3) is 0.333. The zero-order valence-electron chi connectivity index (χ0n) is 11.7. The molecule has 1 fully saturated rings. The van der Waals surface area contributed by atoms with E-state index < -0.39 is 5.97 Å². The first-order valence-corrected chi connectivity index (χ1v) is 6.98. The van der Waals surface area contributed by atoms with Crippen LogP contribution in [0.25, 0.3) is 12.2 Å². The van der Waals surface area contributed by atoms with Gasteiger partial charge < -0.3 is 5.11 Å². The predicted octanol–water partition coefficient (Wildman–Crippen LogP) is 2.44. The van der Waals surface area contributed by atoms with Crippen LogP contribution in [0.5, 0.6) is 0 Å². The molecule has 2 aromatic heterocycles. The van der Waals surface area contributed by atoms with Gasteiger partial charge in [0.2, 0.25) is 0 Å². The molecule has 0 bridgehead atoms. The number of carbonyl (C=O) groups is 1. The van der Waals surface area contributed by atoms with Gasteiger partial charge in [-0.3, -0.25) is 9.67 Å². The number of hydrogen-bond acceptors (Lipinski definition) is 4. The van der Waals surface area contributed by atoms with E-state index in [0.717, 1.165) is 17.9 Å². The summed E-state index contributed by atoms with van der Waals surface area (Å²) in [7, 11) is 0. The lowest BCUT2D eigenvalue weighted by molar-refractivity contribution is 0.0690. The molecular weight excluding hydrogens is 268 g/mol. The zero-order chi connectivity index (χ0) is 14.8. The molecule has 21 heavy (non-hydrogen) atoms. The molecule has 6 heteroatoms. The quantitative estimate of drug-likeness (QED) is 0.912. The molecule has 1 aliphatic carbocycles. The Bertz CT molecular complexity index is 684. The molecule has 2 aromatic rings. The molecule has 0 aliphatic heterocycles. The fourth-order valence-corrected chi connectivity index (χ4v) is 2.12. The minimum absolute atomic E-state index is 0.0539. The van der Waals surface area contributed by atoms with Crippen molar-refractivity contribution in [3.05, 3.63) is 41.2 Å². The number of carboxylic acid groups (broad SMARTS) is 1. The van der Waals surface area contributed by atoms with Crippen molar-refractivity contribution in [2.24, 2.45) is 0 Å². The van der Waals surface area contributed by atoms with Crippen molar-refractivity contribution in [1.82, 2.24) is 19.7 Å². The van der Waals surface area contributed by atoms with Gasteiger partial charge in [0.25, 0.3) is 0 Å². The highest BCUT2D eigenvalue weighted by Gasteiger charge is 2.26. The molecular formula is C15H16N4O2. The number of aryl methyl sites for hydroxylation is 1. The van der Waals surface area contributed by atoms with Crippen molar-refractivity contribution in [2.75, 3.05) is 0 Å². The molecule has 0 aromatic carbocycles. The third-order valence-corrected chi connectivity index (χ3v) is 3.44. The van der Waals surface area contributed by atoms with Crippen molar-refractivity contribution in [2.45, 2.75) is 32.2 Å². The second-order valence-corrected chi connectivity index (χ2v) is 5.05. The predicted molar refractivity (Wildman–Crippen MR) is 77.8 cm³/mol. The lowest BCUT2D eigenvalue weighted by atomic mass is 10.2. The van der Waals surface area contributed by atoms with E-state index >= 15 is 0 Å². The minimum Gasteiger partial charge on any atom is -0.476 e. The summed E-state index contributed by atoms with van der Waals surface area (Å²) >= 11 is 0. The van der Waals surface area contributed by atoms with E-state index in [0.29, 0.717) is 11.6 Å². The van der Waals surface area contributed by atoms with Crippen LogP contribution in [0, 0.1) is 0 Å². The van der Waals surface area contributed by atoms with Crippen molar-refractivity contribution in [3.63, 3.8) is 0 Å². The molecule has 0 saturated heterocycles. The second-order valence-electron chi connectivity index (χ2n) is 5.05. The van der Waals surface area contributed by atoms with Crippen molar-refractivity contribution in [1.29, 1.82) is 0 Å². The van der Waals surface area contributed by atoms with Gasteiger partial charge in [-0.05, 0) is 38.0 Å². The standard InChI is InChI=1S/C15H16N4O2/c1-2-19-12(7-13(18-19)10-3-4-10)6-5-11-8-17-14(9-16-11)15(20)21/h5-10H,2-4H2,1H3,(H,20,21)/b6-5+. The Hall–Kier alpha value is -2.50. The molecule has 0 spiro atoms. The normalized spacial score (nSPS) is 14.7. The summed E-state index contributed by atoms with van der Waals surface area (Å²) < 4.78 is 1.96. The number of hydrogen-bond donors (Lipinski definition) is 1. The molecule has 0 atom stereocenters. The first-order chi connectivity index (χ1) is 10.2. The molecule has 108 valence electrons. The van der Waals surface area contributed by atoms with Crippen LogP contribution < -0.4 is 0 Å². The highest BCUT2D eigenvalue weighted by molar-refractivity contribution is 5.84. The van der Waals surface area contributed by atoms with E-state index in [1.54, 1.807) is 0 Å². The Kier molecular flexibility index (Phi) is 3.51. The fourth-order valence-electron chi connectivity index (χ4n) is 2.12. The maximum Gasteiger partial charge on any atom is 0.356 e. The van der Waals surface area contributed by atoms with E-state index in [9.17, 15) is 4.79 Å². The van der Waals surface area contributed by atoms with Crippen LogP contribution in [0.2, 0.25) is 0 Å². The zero-order valence-corrected chi connectivity index (χ0v) is 11.7. The Morgan fingerprint density at radius 2 is 2.19 bits per heavy atom. The molecule has 0 unspecified atom stereocenters. The SMILES string of the molecule is CCn1nc(C2CC2)cc1/C=C/c1cnc(C(=O)O)cn1. The summed E-state index contributed by atoms with van der Waals surface area (Å²) in [6.07, 6.45) is 8.92. The van der Waals surface area contributed by atoms with Crippen LogP contribution in [-0.4, -0.2) is 30.8 Å². The van der Waals surface area contributed by atoms with Gasteiger partial charge in [-0.25, -0.2) is 9.78 Å². The summed E-state index contributed by atoms with van der Waals surface area (Å²) in [6.45, 7) is 2.87. The largest absolute Gasteiger partial charge is 0.476 e. The topological polar surface area (TPSA) is 80.9 Å². The first-order valence-electron chi connectivity index (χ1n) is 6.98. The first kappa shape index (κ1) is 13.5. The summed E-state index contributed by atoms with van der Waals surface area (Å²) in [5, 5.41) is 13.4. The summed E-state index contributed by atoms with van der Waals surface area (Å²) in [6, 6.07) is 2.11. The Morgan fingerprint density at radius 3 is 2.76 bits per heavy atom. The summed E-state index contributed by atoms with van der Waals surface area (Å²) in [5.41, 5.74) is 2.76. The van der Waals surface area contributed by atoms with Crippen molar-refractivity contribution >= 4 is 18.1 Å². The van der Waals surface area contributed by atoms with E-state index in [4.69, 9.17) is 5.11 Å². The second kappa shape index (κ2) is 5.47. The molecule has 6 nitrogen and oxygen atoms in total. The van der Waals surface area contributed by atoms with Crippen LogP contribution >= 0.6 is 0 Å². The molecule has 1 aliphatic rings. The van der Waals surface area contributed by atoms with Gasteiger partial charge >= 0.3 is 5.97 Å². The van der Waals surface area contributed by atoms with Gasteiger partial charge in [0.1, 0.15) is 0 Å². The Morgan fingerprint density at radius 1 is 1.38 bits per heavy atom. The van der Waals surface area contributed by atoms with Crippen molar-refractivity contribution in [3.8, 4) is 0 Å². The van der Waals surface area contributed by atoms with E-state index in [1.165, 1.54) is 25.2 Å². The summed E-state index contributed by atoms with van der Waals surface area (Å²) in [4.78, 5) is 18.6. The number of rotatable bonds is 5. The lowest BCUT2D eigenvalue weighted by Crippen LogP contribution is -2.01. The summed E-state index contributed by atoms with van der Waals surface area (Å²) in [5.74, 6) is -0.448. The van der Waals surface area contributed by atoms with Crippen LogP contribution in [-0.2, 0) is 6.54 Å². The smallest absolute Gasteiger partial charge is 0.356 e. The average molecular weight is 284 g/mol. The number of carboxylic acids is 1. The van der Waals surface area contributed by atoms with E-state index in [1.807, 2.05) is 16.8 Å². The molecule has 3 rings (SSSR count). The maximum absolute atomic E-state index is 10.7. The third-order valence-electron chi connectivity index (χ3n) is 3.44. The van der Waals surface area contributed by atoms with Crippen LogP contribution in [0.15, 0.2) is 18.5 Å². The van der Waals surface area contributed by atoms with Gasteiger partial charge in [0.15, 0.2) is 5.69 Å². The van der Waals surface area contributed by atoms with Crippen LogP contribution in [0.4, 0.5) is 0 Å². The van der Waals surface area contributed by atoms with Crippen LogP contribution in [0.1, 0.15) is 53.3 Å². The van der Waals surface area contributed by atoms with E-state index in [2.05, 4.69) is 28.1 Å². The third kappa shape index (κ3) is 2.99. The Labute approximate surface area is 122 Å². The minimum atomic E-state index is -1.07. The van der Waals surface area contributed by atoms with Crippen molar-refractivity contribution < 1.29 is 9.90 Å². The Balaban J connectivity index is 1.80. The molecule has 1 saturated carbocycles. The number of aromatic carboxylic acids is 1. The number of aromatic nitrogens is 4. The van der Waals surface area contributed by atoms with Gasteiger partial charge in [-0.1, -0.05) is 0 Å². The van der Waals surface area contributed by atoms with Gasteiger partial charge in [-0.15, -0.1) is 0 Å². The van der Waals surface area contributed by atoms with Crippen LogP contribution in [0.3, 0.4) is 0 Å². The molecule has 2 heterocycles. The van der Waals surface area contributed by atoms with E-state index in [-0.39, 0.29) is 5.69 Å². The monoisotopic (exact) mass is 284 g/mol. The molecule has 0 amide bonds. The van der Waals surface area contributed by atoms with Gasteiger partial charge in [0.05, 0.1) is 29.5 Å². The van der Waals surface area contributed by atoms with Gasteiger partial charge in [0, 0.05) is 12.5 Å².